The third kappa shape index (κ3) is 3.78. The monoisotopic (exact) mass is 388 g/mol. The molecule has 0 aliphatic carbocycles. The Bertz CT molecular complexity index is 1170. The second kappa shape index (κ2) is 7.67. The van der Waals surface area contributed by atoms with Crippen molar-refractivity contribution in [1.82, 2.24) is 4.98 Å². The Balaban J connectivity index is 1.77. The van der Waals surface area contributed by atoms with Gasteiger partial charge in [-0.15, -0.1) is 0 Å². The number of nitrogens with zero attached hydrogens (tertiary/aromatic N) is 1. The minimum Gasteiger partial charge on any atom is -0.497 e. The number of nitrogens with one attached hydrogen (secondary N) is 1. The van der Waals surface area contributed by atoms with Crippen LogP contribution in [-0.4, -0.2) is 25.1 Å². The fourth-order valence-electron chi connectivity index (χ4n) is 3.14. The quantitative estimate of drug-likeness (QED) is 0.516. The Morgan fingerprint density at radius 3 is 2.34 bits per heavy atom. The van der Waals surface area contributed by atoms with Crippen molar-refractivity contribution < 1.29 is 18.7 Å². The van der Waals surface area contributed by atoms with Gasteiger partial charge >= 0.3 is 0 Å². The van der Waals surface area contributed by atoms with Gasteiger partial charge in [0.05, 0.1) is 25.3 Å². The number of aromatic nitrogens is 1. The number of benzene rings is 2. The van der Waals surface area contributed by atoms with Crippen molar-refractivity contribution >= 4 is 22.5 Å². The van der Waals surface area contributed by atoms with E-state index in [1.54, 1.807) is 38.5 Å². The van der Waals surface area contributed by atoms with Gasteiger partial charge in [0.25, 0.3) is 5.91 Å². The third-order valence-electron chi connectivity index (χ3n) is 4.56. The summed E-state index contributed by atoms with van der Waals surface area (Å²) in [6, 6.07) is 18.2. The normalized spacial score (nSPS) is 10.7. The number of carbonyl (C=O) groups is 1. The number of hydrogen-bond acceptors (Lipinski definition) is 5. The molecule has 0 radical (unpaired) electrons. The fraction of sp³-hybridized carbons (Fsp3) is 0.130. The summed E-state index contributed by atoms with van der Waals surface area (Å²) < 4.78 is 16.3. The Labute approximate surface area is 168 Å². The predicted octanol–water partition coefficient (Wildman–Crippen LogP) is 5.07. The lowest BCUT2D eigenvalue weighted by molar-refractivity contribution is 0.102. The number of aryl methyl sites for hydroxylation is 1. The Morgan fingerprint density at radius 2 is 1.69 bits per heavy atom. The first-order valence-corrected chi connectivity index (χ1v) is 9.08. The maximum absolute atomic E-state index is 13.2. The molecule has 1 N–H and O–H groups in total. The van der Waals surface area contributed by atoms with Crippen LogP contribution in [0.3, 0.4) is 0 Å². The van der Waals surface area contributed by atoms with Crippen molar-refractivity contribution in [3.05, 3.63) is 72.0 Å². The molecule has 0 saturated heterocycles. The number of furan rings is 1. The van der Waals surface area contributed by atoms with Gasteiger partial charge in [-0.2, -0.15) is 0 Å². The zero-order valence-corrected chi connectivity index (χ0v) is 16.4. The molecular formula is C23H20N2O4. The second-order valence-corrected chi connectivity index (χ2v) is 6.54. The van der Waals surface area contributed by atoms with Gasteiger partial charge < -0.3 is 19.2 Å². The van der Waals surface area contributed by atoms with Crippen LogP contribution in [0.4, 0.5) is 5.69 Å². The van der Waals surface area contributed by atoms with Gasteiger partial charge in [0.2, 0.25) is 0 Å². The van der Waals surface area contributed by atoms with Crippen LogP contribution in [0.2, 0.25) is 0 Å². The molecule has 6 heteroatoms. The molecule has 6 nitrogen and oxygen atoms in total. The first-order valence-electron chi connectivity index (χ1n) is 9.08. The van der Waals surface area contributed by atoms with E-state index in [-0.39, 0.29) is 5.91 Å². The van der Waals surface area contributed by atoms with Gasteiger partial charge in [-0.1, -0.05) is 18.2 Å². The Hall–Kier alpha value is -3.80. The summed E-state index contributed by atoms with van der Waals surface area (Å²) in [6.45, 7) is 1.87. The number of methoxy groups -OCH3 is 2. The van der Waals surface area contributed by atoms with Crippen LogP contribution in [0.25, 0.3) is 22.4 Å². The van der Waals surface area contributed by atoms with Crippen LogP contribution in [0.5, 0.6) is 11.5 Å². The van der Waals surface area contributed by atoms with Gasteiger partial charge in [-0.3, -0.25) is 4.79 Å². The topological polar surface area (TPSA) is 73.6 Å². The van der Waals surface area contributed by atoms with Gasteiger partial charge in [-0.05, 0) is 31.2 Å². The maximum Gasteiger partial charge on any atom is 0.256 e. The van der Waals surface area contributed by atoms with Crippen molar-refractivity contribution in [3.8, 4) is 23.0 Å². The molecule has 2 heterocycles. The summed E-state index contributed by atoms with van der Waals surface area (Å²) in [7, 11) is 3.13. The van der Waals surface area contributed by atoms with E-state index in [4.69, 9.17) is 13.9 Å². The summed E-state index contributed by atoms with van der Waals surface area (Å²) >= 11 is 0. The van der Waals surface area contributed by atoms with E-state index >= 15 is 0 Å². The number of rotatable bonds is 5. The molecule has 2 aromatic heterocycles. The van der Waals surface area contributed by atoms with Crippen LogP contribution >= 0.6 is 0 Å². The van der Waals surface area contributed by atoms with E-state index in [0.717, 1.165) is 11.1 Å². The summed E-state index contributed by atoms with van der Waals surface area (Å²) in [6.07, 6.45) is 0. The number of para-hydroxylation sites is 1. The highest BCUT2D eigenvalue weighted by Crippen LogP contribution is 2.29. The molecule has 0 atom stereocenters. The summed E-state index contributed by atoms with van der Waals surface area (Å²) in [5.41, 5.74) is 2.39. The number of pyridine rings is 1. The van der Waals surface area contributed by atoms with Crippen LogP contribution in [0, 0.1) is 6.92 Å². The fourth-order valence-corrected chi connectivity index (χ4v) is 3.14. The minimum absolute atomic E-state index is 0.261. The van der Waals surface area contributed by atoms with Crippen molar-refractivity contribution in [1.29, 1.82) is 0 Å². The number of amides is 1. The van der Waals surface area contributed by atoms with Gasteiger partial charge in [-0.25, -0.2) is 4.98 Å². The predicted molar refractivity (Wildman–Crippen MR) is 112 cm³/mol. The Kier molecular flexibility index (Phi) is 4.91. The average Bonchev–Trinajstić information content (AvgIpc) is 3.18. The van der Waals surface area contributed by atoms with Crippen molar-refractivity contribution in [2.45, 2.75) is 6.92 Å². The van der Waals surface area contributed by atoms with Crippen molar-refractivity contribution in [2.75, 3.05) is 19.5 Å². The molecule has 0 spiro atoms. The van der Waals surface area contributed by atoms with Crippen molar-refractivity contribution in [2.24, 2.45) is 0 Å². The molecule has 0 aliphatic heterocycles. The summed E-state index contributed by atoms with van der Waals surface area (Å²) in [5, 5.41) is 3.68. The number of anilines is 1. The molecule has 1 amide bonds. The van der Waals surface area contributed by atoms with E-state index in [1.807, 2.05) is 43.3 Å². The first kappa shape index (κ1) is 18.6. The number of ether oxygens (including phenoxy) is 2. The summed E-state index contributed by atoms with van der Waals surface area (Å²) in [4.78, 5) is 17.8. The summed E-state index contributed by atoms with van der Waals surface area (Å²) in [5.74, 6) is 2.31. The number of fused-ring (bicyclic) bond motifs is 1. The van der Waals surface area contributed by atoms with E-state index in [0.29, 0.717) is 39.7 Å². The lowest BCUT2D eigenvalue weighted by Gasteiger charge is -2.12. The largest absolute Gasteiger partial charge is 0.497 e. The third-order valence-corrected chi connectivity index (χ3v) is 4.56. The van der Waals surface area contributed by atoms with E-state index in [9.17, 15) is 4.79 Å². The first-order chi connectivity index (χ1) is 14.1. The highest BCUT2D eigenvalue weighted by atomic mass is 16.5. The molecule has 2 aromatic carbocycles. The average molecular weight is 388 g/mol. The highest BCUT2D eigenvalue weighted by Gasteiger charge is 2.16. The van der Waals surface area contributed by atoms with Crippen LogP contribution in [0.15, 0.2) is 65.1 Å². The zero-order valence-electron chi connectivity index (χ0n) is 16.4. The van der Waals surface area contributed by atoms with E-state index in [2.05, 4.69) is 10.3 Å². The van der Waals surface area contributed by atoms with Gasteiger partial charge in [0.1, 0.15) is 23.0 Å². The molecule has 0 aliphatic rings. The maximum atomic E-state index is 13.2. The minimum atomic E-state index is -0.261. The standard InChI is InChI=1S/C23H20N2O4/c1-14-8-9-22(29-14)21-13-19(18-6-4-5-7-20(18)25-21)23(26)24-15-10-16(27-2)12-17(11-15)28-3/h4-13H,1-3H3,(H,24,26). The molecule has 0 unspecified atom stereocenters. The van der Waals surface area contributed by atoms with Crippen LogP contribution in [-0.2, 0) is 0 Å². The smallest absolute Gasteiger partial charge is 0.256 e. The molecule has 0 saturated carbocycles. The van der Waals surface area contributed by atoms with Crippen LogP contribution < -0.4 is 14.8 Å². The van der Waals surface area contributed by atoms with E-state index in [1.165, 1.54) is 0 Å². The lowest BCUT2D eigenvalue weighted by Crippen LogP contribution is -2.13. The number of carbonyl (C=O) groups excluding carboxylic acids is 1. The molecule has 0 bridgehead atoms. The zero-order chi connectivity index (χ0) is 20.4. The second-order valence-electron chi connectivity index (χ2n) is 6.54. The molecule has 0 fully saturated rings. The molecule has 29 heavy (non-hydrogen) atoms. The van der Waals surface area contributed by atoms with E-state index < -0.39 is 0 Å². The van der Waals surface area contributed by atoms with Gasteiger partial charge in [0, 0.05) is 29.3 Å². The Morgan fingerprint density at radius 1 is 0.966 bits per heavy atom. The highest BCUT2D eigenvalue weighted by molar-refractivity contribution is 6.13. The molecule has 146 valence electrons. The van der Waals surface area contributed by atoms with Crippen molar-refractivity contribution in [3.63, 3.8) is 0 Å². The molecule has 4 rings (SSSR count). The van der Waals surface area contributed by atoms with Gasteiger partial charge in [0.15, 0.2) is 5.76 Å². The van der Waals surface area contributed by atoms with Crippen LogP contribution in [0.1, 0.15) is 16.1 Å². The molecular weight excluding hydrogens is 368 g/mol. The lowest BCUT2D eigenvalue weighted by atomic mass is 10.1. The SMILES string of the molecule is COc1cc(NC(=O)c2cc(-c3ccc(C)o3)nc3ccccc23)cc(OC)c1. The number of hydrogen-bond donors (Lipinski definition) is 1. The molecule has 4 aromatic rings.